The zero-order valence-corrected chi connectivity index (χ0v) is 12.3. The summed E-state index contributed by atoms with van der Waals surface area (Å²) in [4.78, 5) is 16.1. The molecule has 0 bridgehead atoms. The molecule has 0 aliphatic heterocycles. The largest absolute Gasteiger partial charge is 0.321 e. The quantitative estimate of drug-likeness (QED) is 0.805. The van der Waals surface area contributed by atoms with Gasteiger partial charge in [-0.15, -0.1) is 10.2 Å². The topological polar surface area (TPSA) is 72.7 Å². The van der Waals surface area contributed by atoms with E-state index in [2.05, 4.69) is 26.6 Å². The van der Waals surface area contributed by atoms with E-state index in [0.717, 1.165) is 16.8 Å². The number of carbonyl (C=O) groups is 1. The van der Waals surface area contributed by atoms with Gasteiger partial charge < -0.3 is 5.32 Å². The molecule has 0 radical (unpaired) electrons. The zero-order valence-electron chi connectivity index (χ0n) is 12.3. The Morgan fingerprint density at radius 1 is 1.09 bits per heavy atom. The molecule has 0 spiro atoms. The van der Waals surface area contributed by atoms with Crippen LogP contribution in [0.4, 0.5) is 5.69 Å². The highest BCUT2D eigenvalue weighted by atomic mass is 16.1. The molecule has 0 fully saturated rings. The smallest absolute Gasteiger partial charge is 0.276 e. The first-order valence-electron chi connectivity index (χ1n) is 6.83. The van der Waals surface area contributed by atoms with Gasteiger partial charge in [0, 0.05) is 18.1 Å². The summed E-state index contributed by atoms with van der Waals surface area (Å²) >= 11 is 0. The molecule has 0 aliphatic carbocycles. The molecule has 0 unspecified atom stereocenters. The summed E-state index contributed by atoms with van der Waals surface area (Å²) in [6, 6.07) is 9.25. The molecule has 6 heteroatoms. The maximum Gasteiger partial charge on any atom is 0.276 e. The second-order valence-corrected chi connectivity index (χ2v) is 5.08. The number of rotatable bonds is 3. The fourth-order valence-electron chi connectivity index (χ4n) is 2.22. The van der Waals surface area contributed by atoms with Crippen molar-refractivity contribution in [3.8, 4) is 5.82 Å². The first-order valence-corrected chi connectivity index (χ1v) is 6.83. The summed E-state index contributed by atoms with van der Waals surface area (Å²) in [5.74, 6) is 0.329. The fraction of sp³-hybridized carbons (Fsp3) is 0.125. The predicted molar refractivity (Wildman–Crippen MR) is 83.0 cm³/mol. The van der Waals surface area contributed by atoms with Gasteiger partial charge in [-0.1, -0.05) is 6.07 Å². The van der Waals surface area contributed by atoms with E-state index in [1.165, 1.54) is 0 Å². The van der Waals surface area contributed by atoms with Gasteiger partial charge in [0.25, 0.3) is 5.91 Å². The van der Waals surface area contributed by atoms with E-state index in [0.29, 0.717) is 5.82 Å². The van der Waals surface area contributed by atoms with E-state index in [9.17, 15) is 4.79 Å². The molecule has 3 rings (SSSR count). The lowest BCUT2D eigenvalue weighted by Gasteiger charge is -2.07. The van der Waals surface area contributed by atoms with E-state index < -0.39 is 0 Å². The van der Waals surface area contributed by atoms with Crippen molar-refractivity contribution < 1.29 is 4.79 Å². The summed E-state index contributed by atoms with van der Waals surface area (Å²) in [6.45, 7) is 3.98. The molecule has 0 saturated carbocycles. The van der Waals surface area contributed by atoms with Gasteiger partial charge >= 0.3 is 0 Å². The van der Waals surface area contributed by atoms with E-state index in [4.69, 9.17) is 0 Å². The Bertz CT molecular complexity index is 774. The molecule has 2 heterocycles. The van der Waals surface area contributed by atoms with E-state index >= 15 is 0 Å². The molecule has 0 saturated heterocycles. The Hall–Kier alpha value is -3.02. The number of nitrogens with one attached hydrogen (secondary N) is 1. The van der Waals surface area contributed by atoms with E-state index in [-0.39, 0.29) is 11.6 Å². The van der Waals surface area contributed by atoms with Crippen LogP contribution in [0.3, 0.4) is 0 Å². The van der Waals surface area contributed by atoms with Gasteiger partial charge in [-0.2, -0.15) is 0 Å². The summed E-state index contributed by atoms with van der Waals surface area (Å²) < 4.78 is 1.72. The average Bonchev–Trinajstić information content (AvgIpc) is 3.00. The van der Waals surface area contributed by atoms with E-state index in [1.54, 1.807) is 35.4 Å². The first kappa shape index (κ1) is 13.9. The van der Waals surface area contributed by atoms with E-state index in [1.807, 2.05) is 26.0 Å². The minimum atomic E-state index is -0.283. The van der Waals surface area contributed by atoms with Crippen molar-refractivity contribution >= 4 is 11.6 Å². The highest BCUT2D eigenvalue weighted by molar-refractivity contribution is 6.02. The Kier molecular flexibility index (Phi) is 3.65. The Balaban J connectivity index is 1.77. The molecule has 6 nitrogen and oxygen atoms in total. The van der Waals surface area contributed by atoms with Gasteiger partial charge in [0.05, 0.1) is 0 Å². The number of benzene rings is 1. The minimum absolute atomic E-state index is 0.267. The van der Waals surface area contributed by atoms with Crippen molar-refractivity contribution in [3.05, 3.63) is 65.9 Å². The van der Waals surface area contributed by atoms with Crippen molar-refractivity contribution in [1.29, 1.82) is 0 Å². The molecule has 0 aliphatic rings. The molecule has 2 aromatic heterocycles. The third kappa shape index (κ3) is 3.01. The van der Waals surface area contributed by atoms with Crippen LogP contribution in [0.15, 0.2) is 49.1 Å². The lowest BCUT2D eigenvalue weighted by molar-refractivity contribution is 0.102. The van der Waals surface area contributed by atoms with Crippen LogP contribution in [-0.2, 0) is 0 Å². The summed E-state index contributed by atoms with van der Waals surface area (Å²) in [7, 11) is 0. The average molecular weight is 293 g/mol. The normalized spacial score (nSPS) is 10.5. The van der Waals surface area contributed by atoms with Crippen LogP contribution < -0.4 is 5.32 Å². The number of hydrogen-bond donors (Lipinski definition) is 1. The SMILES string of the molecule is Cc1cc(C)cc(NC(=O)c2ccc(-n3ccnc3)nn2)c1. The molecular weight excluding hydrogens is 278 g/mol. The van der Waals surface area contributed by atoms with Gasteiger partial charge in [0.2, 0.25) is 0 Å². The van der Waals surface area contributed by atoms with Crippen LogP contribution in [0, 0.1) is 13.8 Å². The van der Waals surface area contributed by atoms with Crippen molar-refractivity contribution in [3.63, 3.8) is 0 Å². The summed E-state index contributed by atoms with van der Waals surface area (Å²) in [5.41, 5.74) is 3.21. The monoisotopic (exact) mass is 293 g/mol. The lowest BCUT2D eigenvalue weighted by Crippen LogP contribution is -2.15. The van der Waals surface area contributed by atoms with Crippen LogP contribution in [0.5, 0.6) is 0 Å². The van der Waals surface area contributed by atoms with Crippen LogP contribution in [0.2, 0.25) is 0 Å². The number of amides is 1. The summed E-state index contributed by atoms with van der Waals surface area (Å²) in [6.07, 6.45) is 5.04. The Morgan fingerprint density at radius 3 is 2.45 bits per heavy atom. The van der Waals surface area contributed by atoms with Gasteiger partial charge in [-0.3, -0.25) is 9.36 Å². The third-order valence-corrected chi connectivity index (χ3v) is 3.13. The number of nitrogens with zero attached hydrogens (tertiary/aromatic N) is 4. The van der Waals surface area contributed by atoms with Gasteiger partial charge in [0.15, 0.2) is 11.5 Å². The van der Waals surface area contributed by atoms with Crippen LogP contribution in [0.1, 0.15) is 21.6 Å². The van der Waals surface area contributed by atoms with Crippen molar-refractivity contribution in [1.82, 2.24) is 19.7 Å². The molecular formula is C16H15N5O. The summed E-state index contributed by atoms with van der Waals surface area (Å²) in [5, 5.41) is 10.8. The van der Waals surface area contributed by atoms with Crippen LogP contribution in [0.25, 0.3) is 5.82 Å². The molecule has 1 N–H and O–H groups in total. The molecule has 22 heavy (non-hydrogen) atoms. The van der Waals surface area contributed by atoms with Crippen molar-refractivity contribution in [2.75, 3.05) is 5.32 Å². The minimum Gasteiger partial charge on any atom is -0.321 e. The van der Waals surface area contributed by atoms with Crippen LogP contribution in [-0.4, -0.2) is 25.7 Å². The molecule has 3 aromatic rings. The van der Waals surface area contributed by atoms with Gasteiger partial charge in [0.1, 0.15) is 6.33 Å². The first-order chi connectivity index (χ1) is 10.6. The molecule has 110 valence electrons. The standard InChI is InChI=1S/C16H15N5O/c1-11-7-12(2)9-13(8-11)18-16(22)14-3-4-15(20-19-14)21-6-5-17-10-21/h3-10H,1-2H3,(H,18,22). The van der Waals surface area contributed by atoms with Gasteiger partial charge in [-0.25, -0.2) is 4.98 Å². The van der Waals surface area contributed by atoms with Crippen LogP contribution >= 0.6 is 0 Å². The second kappa shape index (κ2) is 5.77. The maximum absolute atomic E-state index is 12.2. The molecule has 1 aromatic carbocycles. The highest BCUT2D eigenvalue weighted by Crippen LogP contribution is 2.14. The number of imidazole rings is 1. The van der Waals surface area contributed by atoms with Crippen molar-refractivity contribution in [2.45, 2.75) is 13.8 Å². The highest BCUT2D eigenvalue weighted by Gasteiger charge is 2.09. The molecule has 1 amide bonds. The third-order valence-electron chi connectivity index (χ3n) is 3.13. The molecule has 0 atom stereocenters. The van der Waals surface area contributed by atoms with Crippen molar-refractivity contribution in [2.24, 2.45) is 0 Å². The number of carbonyl (C=O) groups excluding carboxylic acids is 1. The predicted octanol–water partition coefficient (Wildman–Crippen LogP) is 2.53. The van der Waals surface area contributed by atoms with Gasteiger partial charge in [-0.05, 0) is 49.2 Å². The number of aryl methyl sites for hydroxylation is 2. The number of hydrogen-bond acceptors (Lipinski definition) is 4. The lowest BCUT2D eigenvalue weighted by atomic mass is 10.1. The zero-order chi connectivity index (χ0) is 15.5. The second-order valence-electron chi connectivity index (χ2n) is 5.08. The fourth-order valence-corrected chi connectivity index (χ4v) is 2.22. The maximum atomic E-state index is 12.2. The number of anilines is 1. The number of aromatic nitrogens is 4. The Labute approximate surface area is 127 Å². The Morgan fingerprint density at radius 2 is 1.86 bits per heavy atom.